The van der Waals surface area contributed by atoms with E-state index in [1.807, 2.05) is 4.90 Å². The molecule has 74 valence electrons. The highest BCUT2D eigenvalue weighted by Crippen LogP contribution is 2.10. The first kappa shape index (κ1) is 9.89. The Morgan fingerprint density at radius 1 is 1.54 bits per heavy atom. The summed E-state index contributed by atoms with van der Waals surface area (Å²) < 4.78 is 4.75. The molecule has 0 saturated carbocycles. The molecule has 0 aromatic rings. The molecular formula is C9H16N2O2. The molecule has 0 bridgehead atoms. The molecule has 2 N–H and O–H groups in total. The molecule has 0 atom stereocenters. The van der Waals surface area contributed by atoms with Crippen LogP contribution in [0.5, 0.6) is 0 Å². The monoisotopic (exact) mass is 184 g/mol. The average molecular weight is 184 g/mol. The minimum absolute atomic E-state index is 0.355. The number of rotatable bonds is 3. The summed E-state index contributed by atoms with van der Waals surface area (Å²) in [7, 11) is 0. The topological polar surface area (TPSA) is 55.6 Å². The fourth-order valence-corrected chi connectivity index (χ4v) is 1.37. The number of likely N-dealkylation sites (tertiary alicyclic amines) is 1. The van der Waals surface area contributed by atoms with Crippen LogP contribution < -0.4 is 5.73 Å². The first-order chi connectivity index (χ1) is 6.24. The molecule has 0 aliphatic carbocycles. The van der Waals surface area contributed by atoms with E-state index in [0.29, 0.717) is 12.4 Å². The second-order valence-corrected chi connectivity index (χ2v) is 3.02. The zero-order valence-electron chi connectivity index (χ0n) is 7.95. The first-order valence-electron chi connectivity index (χ1n) is 4.63. The maximum atomic E-state index is 11.0. The molecule has 1 aliphatic rings. The second-order valence-electron chi connectivity index (χ2n) is 3.02. The van der Waals surface area contributed by atoms with Gasteiger partial charge in [-0.3, -0.25) is 0 Å². The van der Waals surface area contributed by atoms with Crippen molar-refractivity contribution in [2.75, 3.05) is 19.7 Å². The summed E-state index contributed by atoms with van der Waals surface area (Å²) in [5.41, 5.74) is 5.70. The van der Waals surface area contributed by atoms with Crippen LogP contribution in [0, 0.1) is 0 Å². The van der Waals surface area contributed by atoms with Crippen LogP contribution in [0.25, 0.3) is 0 Å². The van der Waals surface area contributed by atoms with Crippen molar-refractivity contribution in [3.05, 3.63) is 11.9 Å². The zero-order chi connectivity index (χ0) is 9.68. The van der Waals surface area contributed by atoms with Crippen LogP contribution in [0.15, 0.2) is 11.9 Å². The summed E-state index contributed by atoms with van der Waals surface area (Å²) in [6.45, 7) is 4.06. The number of hydrogen-bond acceptors (Lipinski definition) is 4. The summed E-state index contributed by atoms with van der Waals surface area (Å²) in [4.78, 5) is 13.0. The second kappa shape index (κ2) is 4.74. The Kier molecular flexibility index (Phi) is 3.61. The Balaban J connectivity index is 2.44. The maximum absolute atomic E-state index is 11.0. The van der Waals surface area contributed by atoms with Crippen molar-refractivity contribution in [1.29, 1.82) is 0 Å². The molecule has 0 spiro atoms. The average Bonchev–Trinajstić information content (AvgIpc) is 2.55. The van der Waals surface area contributed by atoms with E-state index in [9.17, 15) is 4.79 Å². The van der Waals surface area contributed by atoms with Crippen molar-refractivity contribution in [3.63, 3.8) is 0 Å². The SMILES string of the molecule is CCOC(=O)/C=C(/N)N1CCCC1. The first-order valence-corrected chi connectivity index (χ1v) is 4.63. The molecule has 0 radical (unpaired) electrons. The van der Waals surface area contributed by atoms with Crippen LogP contribution in [0.1, 0.15) is 19.8 Å². The van der Waals surface area contributed by atoms with Crippen molar-refractivity contribution in [2.45, 2.75) is 19.8 Å². The van der Waals surface area contributed by atoms with Gasteiger partial charge in [0.1, 0.15) is 5.82 Å². The van der Waals surface area contributed by atoms with Crippen LogP contribution in [0.2, 0.25) is 0 Å². The highest BCUT2D eigenvalue weighted by atomic mass is 16.5. The quantitative estimate of drug-likeness (QED) is 0.511. The van der Waals surface area contributed by atoms with Crippen LogP contribution in [0.3, 0.4) is 0 Å². The molecule has 4 nitrogen and oxygen atoms in total. The smallest absolute Gasteiger partial charge is 0.334 e. The fourth-order valence-electron chi connectivity index (χ4n) is 1.37. The third kappa shape index (κ3) is 2.97. The van der Waals surface area contributed by atoms with Gasteiger partial charge in [-0.05, 0) is 19.8 Å². The Labute approximate surface area is 78.3 Å². The van der Waals surface area contributed by atoms with E-state index in [1.54, 1.807) is 6.92 Å². The van der Waals surface area contributed by atoms with Gasteiger partial charge in [0.05, 0.1) is 12.7 Å². The standard InChI is InChI=1S/C9H16N2O2/c1-2-13-9(12)7-8(10)11-5-3-4-6-11/h7H,2-6,10H2,1H3/b8-7-. The summed E-state index contributed by atoms with van der Waals surface area (Å²) >= 11 is 0. The van der Waals surface area contributed by atoms with E-state index < -0.39 is 0 Å². The van der Waals surface area contributed by atoms with Gasteiger partial charge in [-0.15, -0.1) is 0 Å². The summed E-state index contributed by atoms with van der Waals surface area (Å²) in [6, 6.07) is 0. The highest BCUT2D eigenvalue weighted by molar-refractivity contribution is 5.82. The van der Waals surface area contributed by atoms with Crippen molar-refractivity contribution >= 4 is 5.97 Å². The predicted octanol–water partition coefficient (Wildman–Crippen LogP) is 0.445. The van der Waals surface area contributed by atoms with Crippen molar-refractivity contribution in [1.82, 2.24) is 4.90 Å². The number of nitrogens with two attached hydrogens (primary N) is 1. The Morgan fingerprint density at radius 3 is 2.69 bits per heavy atom. The van der Waals surface area contributed by atoms with Gasteiger partial charge in [-0.25, -0.2) is 4.79 Å². The maximum Gasteiger partial charge on any atom is 0.334 e. The summed E-state index contributed by atoms with van der Waals surface area (Å²) in [5.74, 6) is 0.169. The van der Waals surface area contributed by atoms with Crippen LogP contribution in [-0.4, -0.2) is 30.6 Å². The van der Waals surface area contributed by atoms with Crippen LogP contribution >= 0.6 is 0 Å². The predicted molar refractivity (Wildman–Crippen MR) is 49.7 cm³/mol. The Morgan fingerprint density at radius 2 is 2.15 bits per heavy atom. The third-order valence-electron chi connectivity index (χ3n) is 2.02. The summed E-state index contributed by atoms with van der Waals surface area (Å²) in [5, 5.41) is 0. The number of hydrogen-bond donors (Lipinski definition) is 1. The number of carbonyl (C=O) groups is 1. The molecule has 1 fully saturated rings. The highest BCUT2D eigenvalue weighted by Gasteiger charge is 2.13. The fraction of sp³-hybridized carbons (Fsp3) is 0.667. The normalized spacial score (nSPS) is 17.6. The molecule has 0 unspecified atom stereocenters. The van der Waals surface area contributed by atoms with Gasteiger partial charge in [0.25, 0.3) is 0 Å². The zero-order valence-corrected chi connectivity index (χ0v) is 7.95. The molecule has 13 heavy (non-hydrogen) atoms. The van der Waals surface area contributed by atoms with E-state index >= 15 is 0 Å². The lowest BCUT2D eigenvalue weighted by Gasteiger charge is -2.16. The number of nitrogens with zero attached hydrogens (tertiary/aromatic N) is 1. The Bertz CT molecular complexity index is 208. The van der Waals surface area contributed by atoms with Gasteiger partial charge in [0, 0.05) is 13.1 Å². The van der Waals surface area contributed by atoms with Gasteiger partial charge in [-0.2, -0.15) is 0 Å². The van der Waals surface area contributed by atoms with E-state index in [0.717, 1.165) is 25.9 Å². The number of carbonyl (C=O) groups excluding carboxylic acids is 1. The number of esters is 1. The van der Waals surface area contributed by atoms with Gasteiger partial charge in [0.2, 0.25) is 0 Å². The van der Waals surface area contributed by atoms with Crippen molar-refractivity contribution < 1.29 is 9.53 Å². The van der Waals surface area contributed by atoms with Gasteiger partial charge >= 0.3 is 5.97 Å². The molecule has 4 heteroatoms. The van der Waals surface area contributed by atoms with E-state index in [1.165, 1.54) is 6.08 Å². The molecule has 1 saturated heterocycles. The minimum atomic E-state index is -0.355. The number of ether oxygens (including phenoxy) is 1. The van der Waals surface area contributed by atoms with E-state index in [2.05, 4.69) is 0 Å². The largest absolute Gasteiger partial charge is 0.463 e. The van der Waals surface area contributed by atoms with E-state index in [4.69, 9.17) is 10.5 Å². The molecule has 0 aromatic carbocycles. The van der Waals surface area contributed by atoms with E-state index in [-0.39, 0.29) is 5.97 Å². The molecule has 1 aliphatic heterocycles. The van der Waals surface area contributed by atoms with Crippen molar-refractivity contribution in [3.8, 4) is 0 Å². The lowest BCUT2D eigenvalue weighted by molar-refractivity contribution is -0.137. The lowest BCUT2D eigenvalue weighted by Crippen LogP contribution is -2.25. The molecule has 0 amide bonds. The van der Waals surface area contributed by atoms with Gasteiger partial charge in [0.15, 0.2) is 0 Å². The minimum Gasteiger partial charge on any atom is -0.463 e. The Hall–Kier alpha value is -1.19. The molecule has 1 heterocycles. The van der Waals surface area contributed by atoms with Gasteiger partial charge in [-0.1, -0.05) is 0 Å². The molecule has 0 aromatic heterocycles. The lowest BCUT2D eigenvalue weighted by atomic mass is 10.4. The van der Waals surface area contributed by atoms with Crippen LogP contribution in [0.4, 0.5) is 0 Å². The van der Waals surface area contributed by atoms with Crippen molar-refractivity contribution in [2.24, 2.45) is 5.73 Å². The molecular weight excluding hydrogens is 168 g/mol. The summed E-state index contributed by atoms with van der Waals surface area (Å²) in [6.07, 6.45) is 3.66. The van der Waals surface area contributed by atoms with Gasteiger partial charge < -0.3 is 15.4 Å². The van der Waals surface area contributed by atoms with Crippen LogP contribution in [-0.2, 0) is 9.53 Å². The molecule has 1 rings (SSSR count). The third-order valence-corrected chi connectivity index (χ3v) is 2.02.